The van der Waals surface area contributed by atoms with E-state index in [1.807, 2.05) is 6.92 Å². The van der Waals surface area contributed by atoms with E-state index in [-0.39, 0.29) is 18.4 Å². The molecule has 1 rings (SSSR count). The van der Waals surface area contributed by atoms with Crippen molar-refractivity contribution in [2.45, 2.75) is 32.7 Å². The third-order valence-corrected chi connectivity index (χ3v) is 1.18. The zero-order valence-electron chi connectivity index (χ0n) is 5.59. The van der Waals surface area contributed by atoms with Gasteiger partial charge in [0.2, 0.25) is 0 Å². The lowest BCUT2D eigenvalue weighted by Crippen LogP contribution is -2.31. The van der Waals surface area contributed by atoms with Crippen LogP contribution in [0.3, 0.4) is 0 Å². The average Bonchev–Trinajstić information content (AvgIpc) is 1.59. The van der Waals surface area contributed by atoms with Crippen LogP contribution in [0.25, 0.3) is 0 Å². The molecule has 0 spiro atoms. The Kier molecular flexibility index (Phi) is 1.71. The van der Waals surface area contributed by atoms with E-state index < -0.39 is 0 Å². The molecule has 0 aromatic heterocycles. The minimum absolute atomic E-state index is 0.0150. The van der Waals surface area contributed by atoms with Crippen LogP contribution in [0.5, 0.6) is 0 Å². The van der Waals surface area contributed by atoms with Gasteiger partial charge in [0.05, 0.1) is 12.5 Å². The van der Waals surface area contributed by atoms with E-state index in [9.17, 15) is 4.79 Å². The number of carbonyl (C=O) groups excluding carboxylic acids is 1. The summed E-state index contributed by atoms with van der Waals surface area (Å²) in [7, 11) is 0. The van der Waals surface area contributed by atoms with E-state index in [1.165, 1.54) is 0 Å². The van der Waals surface area contributed by atoms with Crippen LogP contribution in [-0.4, -0.2) is 18.4 Å². The molecule has 0 aromatic rings. The Morgan fingerprint density at radius 3 is 2.67 bits per heavy atom. The Bertz CT molecular complexity index is 109. The maximum absolute atomic E-state index is 10.6. The minimum Gasteiger partial charge on any atom is -0.436 e. The minimum atomic E-state index is -0.360. The Hall–Kier alpha value is -0.570. The summed E-state index contributed by atoms with van der Waals surface area (Å²) >= 11 is 0. The van der Waals surface area contributed by atoms with E-state index in [2.05, 4.69) is 0 Å². The molecular formula is C6H10O3. The van der Waals surface area contributed by atoms with Gasteiger partial charge in [-0.15, -0.1) is 0 Å². The fourth-order valence-corrected chi connectivity index (χ4v) is 0.871. The molecule has 2 unspecified atom stereocenters. The first-order valence-electron chi connectivity index (χ1n) is 3.03. The van der Waals surface area contributed by atoms with Crippen molar-refractivity contribution in [3.05, 3.63) is 0 Å². The van der Waals surface area contributed by atoms with Gasteiger partial charge in [-0.3, -0.25) is 4.79 Å². The lowest BCUT2D eigenvalue weighted by molar-refractivity contribution is -0.206. The number of rotatable bonds is 0. The van der Waals surface area contributed by atoms with Crippen molar-refractivity contribution in [3.63, 3.8) is 0 Å². The van der Waals surface area contributed by atoms with Crippen molar-refractivity contribution in [2.75, 3.05) is 0 Å². The van der Waals surface area contributed by atoms with Crippen LogP contribution in [0.1, 0.15) is 20.3 Å². The number of hydrogen-bond donors (Lipinski definition) is 0. The van der Waals surface area contributed by atoms with E-state index >= 15 is 0 Å². The monoisotopic (exact) mass is 130 g/mol. The highest BCUT2D eigenvalue weighted by atomic mass is 16.7. The molecular weight excluding hydrogens is 120 g/mol. The summed E-state index contributed by atoms with van der Waals surface area (Å²) in [6.45, 7) is 3.57. The molecule has 1 aliphatic rings. The van der Waals surface area contributed by atoms with Crippen LogP contribution in [-0.2, 0) is 14.3 Å². The third-order valence-electron chi connectivity index (χ3n) is 1.18. The van der Waals surface area contributed by atoms with E-state index in [0.717, 1.165) is 0 Å². The maximum atomic E-state index is 10.6. The number of cyclic esters (lactones) is 1. The Balaban J connectivity index is 2.43. The molecule has 1 fully saturated rings. The zero-order chi connectivity index (χ0) is 6.85. The number of carbonyl (C=O) groups is 1. The maximum Gasteiger partial charge on any atom is 0.310 e. The normalized spacial score (nSPS) is 36.0. The Morgan fingerprint density at radius 1 is 1.56 bits per heavy atom. The van der Waals surface area contributed by atoms with E-state index in [0.29, 0.717) is 6.42 Å². The van der Waals surface area contributed by atoms with Crippen molar-refractivity contribution in [1.29, 1.82) is 0 Å². The average molecular weight is 130 g/mol. The van der Waals surface area contributed by atoms with Crippen LogP contribution in [0.4, 0.5) is 0 Å². The highest BCUT2D eigenvalue weighted by molar-refractivity contribution is 5.70. The van der Waals surface area contributed by atoms with Gasteiger partial charge >= 0.3 is 5.97 Å². The molecule has 0 aromatic carbocycles. The molecule has 52 valence electrons. The topological polar surface area (TPSA) is 35.5 Å². The second-order valence-electron chi connectivity index (χ2n) is 2.21. The zero-order valence-corrected chi connectivity index (χ0v) is 5.59. The van der Waals surface area contributed by atoms with Gasteiger partial charge in [0.1, 0.15) is 0 Å². The highest BCUT2D eigenvalue weighted by Crippen LogP contribution is 2.11. The molecule has 0 amide bonds. The molecule has 9 heavy (non-hydrogen) atoms. The molecule has 3 nitrogen and oxygen atoms in total. The van der Waals surface area contributed by atoms with Crippen molar-refractivity contribution >= 4 is 5.97 Å². The molecule has 0 radical (unpaired) electrons. The van der Waals surface area contributed by atoms with Crippen LogP contribution in [0.15, 0.2) is 0 Å². The molecule has 0 N–H and O–H groups in total. The second-order valence-corrected chi connectivity index (χ2v) is 2.21. The van der Waals surface area contributed by atoms with Crippen LogP contribution in [0, 0.1) is 0 Å². The summed E-state index contributed by atoms with van der Waals surface area (Å²) in [5.41, 5.74) is 0. The van der Waals surface area contributed by atoms with Gasteiger partial charge < -0.3 is 9.47 Å². The number of esters is 1. The molecule has 2 atom stereocenters. The van der Waals surface area contributed by atoms with E-state index in [1.54, 1.807) is 6.92 Å². The smallest absolute Gasteiger partial charge is 0.310 e. The van der Waals surface area contributed by atoms with Crippen molar-refractivity contribution in [3.8, 4) is 0 Å². The predicted octanol–water partition coefficient (Wildman–Crippen LogP) is 0.684. The van der Waals surface area contributed by atoms with Gasteiger partial charge in [0, 0.05) is 0 Å². The summed E-state index contributed by atoms with van der Waals surface area (Å²) < 4.78 is 9.81. The lowest BCUT2D eigenvalue weighted by Gasteiger charge is -2.24. The Labute approximate surface area is 53.9 Å². The SMILES string of the molecule is CC1CC(=O)OC(C)O1. The highest BCUT2D eigenvalue weighted by Gasteiger charge is 2.22. The molecule has 3 heteroatoms. The summed E-state index contributed by atoms with van der Waals surface area (Å²) in [5, 5.41) is 0. The van der Waals surface area contributed by atoms with Gasteiger partial charge in [0.25, 0.3) is 0 Å². The standard InChI is InChI=1S/C6H10O3/c1-4-3-6(7)9-5(2)8-4/h4-5H,3H2,1-2H3. The van der Waals surface area contributed by atoms with Crippen LogP contribution >= 0.6 is 0 Å². The fraction of sp³-hybridized carbons (Fsp3) is 0.833. The molecule has 0 aliphatic carbocycles. The Morgan fingerprint density at radius 2 is 2.22 bits per heavy atom. The largest absolute Gasteiger partial charge is 0.436 e. The lowest BCUT2D eigenvalue weighted by atomic mass is 10.3. The van der Waals surface area contributed by atoms with Gasteiger partial charge in [-0.1, -0.05) is 0 Å². The molecule has 1 heterocycles. The summed E-state index contributed by atoms with van der Waals surface area (Å²) in [6.07, 6.45) is 0.0344. The number of hydrogen-bond acceptors (Lipinski definition) is 3. The van der Waals surface area contributed by atoms with Gasteiger partial charge in [-0.05, 0) is 13.8 Å². The van der Waals surface area contributed by atoms with Crippen molar-refractivity contribution in [1.82, 2.24) is 0 Å². The quantitative estimate of drug-likeness (QED) is 0.452. The fourth-order valence-electron chi connectivity index (χ4n) is 0.871. The molecule has 0 bridgehead atoms. The van der Waals surface area contributed by atoms with Crippen molar-refractivity contribution < 1.29 is 14.3 Å². The number of ether oxygens (including phenoxy) is 2. The van der Waals surface area contributed by atoms with Gasteiger partial charge in [0.15, 0.2) is 6.29 Å². The summed E-state index contributed by atoms with van der Waals surface area (Å²) in [5.74, 6) is -0.166. The first-order chi connectivity index (χ1) is 4.18. The third kappa shape index (κ3) is 1.68. The van der Waals surface area contributed by atoms with Gasteiger partial charge in [-0.25, -0.2) is 0 Å². The van der Waals surface area contributed by atoms with Gasteiger partial charge in [-0.2, -0.15) is 0 Å². The first-order valence-corrected chi connectivity index (χ1v) is 3.03. The molecule has 1 saturated heterocycles. The molecule has 1 aliphatic heterocycles. The summed E-state index contributed by atoms with van der Waals surface area (Å²) in [6, 6.07) is 0. The second kappa shape index (κ2) is 2.35. The van der Waals surface area contributed by atoms with E-state index in [4.69, 9.17) is 9.47 Å². The van der Waals surface area contributed by atoms with Crippen molar-refractivity contribution in [2.24, 2.45) is 0 Å². The first kappa shape index (κ1) is 6.55. The predicted molar refractivity (Wildman–Crippen MR) is 30.7 cm³/mol. The van der Waals surface area contributed by atoms with Crippen LogP contribution < -0.4 is 0 Å². The van der Waals surface area contributed by atoms with Crippen LogP contribution in [0.2, 0.25) is 0 Å². The summed E-state index contributed by atoms with van der Waals surface area (Å²) in [4.78, 5) is 10.6. The molecule has 0 saturated carbocycles.